The highest BCUT2D eigenvalue weighted by Crippen LogP contribution is 2.47. The average molecular weight is 182 g/mol. The second-order valence-electron chi connectivity index (χ2n) is 2.54. The average Bonchev–Trinajstić information content (AvgIpc) is 1.89. The SMILES string of the molecule is CCCOCS(C)(S)CC. The van der Waals surface area contributed by atoms with Crippen molar-refractivity contribution in [2.75, 3.05) is 24.6 Å². The van der Waals surface area contributed by atoms with Gasteiger partial charge in [-0.2, -0.15) is 9.06 Å². The third-order valence-electron chi connectivity index (χ3n) is 1.31. The summed E-state index contributed by atoms with van der Waals surface area (Å²) in [7, 11) is -0.720. The minimum Gasteiger partial charge on any atom is -0.372 e. The summed E-state index contributed by atoms with van der Waals surface area (Å²) in [5.74, 6) is 1.99. The van der Waals surface area contributed by atoms with E-state index in [0.717, 1.165) is 24.7 Å². The van der Waals surface area contributed by atoms with Gasteiger partial charge in [-0.15, -0.1) is 11.7 Å². The Morgan fingerprint density at radius 1 is 1.40 bits per heavy atom. The molecule has 0 bridgehead atoms. The quantitative estimate of drug-likeness (QED) is 0.391. The van der Waals surface area contributed by atoms with Crippen LogP contribution in [-0.2, 0) is 4.74 Å². The monoisotopic (exact) mass is 182 g/mol. The Bertz CT molecular complexity index is 83.7. The molecule has 0 aromatic heterocycles. The molecule has 1 nitrogen and oxygen atoms in total. The molecule has 0 heterocycles. The largest absolute Gasteiger partial charge is 0.372 e. The standard InChI is InChI=1S/C7H18OS2/c1-4-6-8-7-10(3,9)5-2/h9H,4-7H2,1-3H3. The highest BCUT2D eigenvalue weighted by molar-refractivity contribution is 8.87. The minimum atomic E-state index is -0.720. The summed E-state index contributed by atoms with van der Waals surface area (Å²) in [5.41, 5.74) is 0. The predicted molar refractivity (Wildman–Crippen MR) is 54.2 cm³/mol. The van der Waals surface area contributed by atoms with Gasteiger partial charge >= 0.3 is 0 Å². The molecule has 0 radical (unpaired) electrons. The molecule has 0 fully saturated rings. The van der Waals surface area contributed by atoms with Gasteiger partial charge in [-0.1, -0.05) is 13.8 Å². The molecular weight excluding hydrogens is 164 g/mol. The van der Waals surface area contributed by atoms with E-state index in [9.17, 15) is 0 Å². The first-order valence-electron chi connectivity index (χ1n) is 3.66. The Hall–Kier alpha value is 0.660. The topological polar surface area (TPSA) is 9.23 Å². The summed E-state index contributed by atoms with van der Waals surface area (Å²) in [6.45, 7) is 5.16. The van der Waals surface area contributed by atoms with Crippen molar-refractivity contribution in [1.29, 1.82) is 0 Å². The molecule has 0 rings (SSSR count). The van der Waals surface area contributed by atoms with E-state index in [1.54, 1.807) is 0 Å². The van der Waals surface area contributed by atoms with E-state index < -0.39 is 9.06 Å². The van der Waals surface area contributed by atoms with Crippen molar-refractivity contribution in [3.63, 3.8) is 0 Å². The number of hydrogen-bond donors (Lipinski definition) is 1. The summed E-state index contributed by atoms with van der Waals surface area (Å²) in [6.07, 6.45) is 3.29. The van der Waals surface area contributed by atoms with Gasteiger partial charge in [-0.05, 0) is 18.4 Å². The molecule has 0 aliphatic carbocycles. The van der Waals surface area contributed by atoms with Crippen molar-refractivity contribution in [1.82, 2.24) is 0 Å². The first-order valence-corrected chi connectivity index (χ1v) is 7.09. The van der Waals surface area contributed by atoms with Crippen molar-refractivity contribution < 1.29 is 4.74 Å². The number of hydrogen-bond acceptors (Lipinski definition) is 2. The van der Waals surface area contributed by atoms with Gasteiger partial charge in [-0.3, -0.25) is 0 Å². The van der Waals surface area contributed by atoms with Crippen LogP contribution in [0.15, 0.2) is 0 Å². The Kier molecular flexibility index (Phi) is 5.68. The lowest BCUT2D eigenvalue weighted by atomic mass is 10.5. The van der Waals surface area contributed by atoms with Gasteiger partial charge in [0.1, 0.15) is 0 Å². The first-order chi connectivity index (χ1) is 4.62. The minimum absolute atomic E-state index is 0.720. The fourth-order valence-corrected chi connectivity index (χ4v) is 1.33. The van der Waals surface area contributed by atoms with Crippen molar-refractivity contribution in [2.24, 2.45) is 0 Å². The third-order valence-corrected chi connectivity index (χ3v) is 4.32. The van der Waals surface area contributed by atoms with Crippen LogP contribution in [0.4, 0.5) is 0 Å². The molecule has 0 aliphatic heterocycles. The molecule has 0 spiro atoms. The molecule has 0 aromatic carbocycles. The Morgan fingerprint density at radius 3 is 2.40 bits per heavy atom. The zero-order chi connectivity index (χ0) is 8.04. The van der Waals surface area contributed by atoms with Crippen molar-refractivity contribution in [2.45, 2.75) is 20.3 Å². The second kappa shape index (κ2) is 5.33. The van der Waals surface area contributed by atoms with E-state index in [2.05, 4.69) is 31.8 Å². The first kappa shape index (κ1) is 10.7. The van der Waals surface area contributed by atoms with E-state index >= 15 is 0 Å². The smallest absolute Gasteiger partial charge is 0.0846 e. The number of ether oxygens (including phenoxy) is 1. The van der Waals surface area contributed by atoms with E-state index in [1.807, 2.05) is 0 Å². The summed E-state index contributed by atoms with van der Waals surface area (Å²) < 4.78 is 5.40. The Morgan fingerprint density at radius 2 is 2.00 bits per heavy atom. The predicted octanol–water partition coefficient (Wildman–Crippen LogP) is 2.67. The zero-order valence-electron chi connectivity index (χ0n) is 7.09. The van der Waals surface area contributed by atoms with Crippen LogP contribution < -0.4 is 0 Å². The lowest BCUT2D eigenvalue weighted by molar-refractivity contribution is 0.182. The highest BCUT2D eigenvalue weighted by atomic mass is 33.1. The second-order valence-corrected chi connectivity index (χ2v) is 8.44. The highest BCUT2D eigenvalue weighted by Gasteiger charge is 2.08. The third kappa shape index (κ3) is 5.45. The van der Waals surface area contributed by atoms with Gasteiger partial charge in [0.25, 0.3) is 0 Å². The molecule has 0 N–H and O–H groups in total. The van der Waals surface area contributed by atoms with Crippen LogP contribution in [0.1, 0.15) is 20.3 Å². The fourth-order valence-electron chi connectivity index (χ4n) is 0.466. The fraction of sp³-hybridized carbons (Fsp3) is 1.00. The van der Waals surface area contributed by atoms with Gasteiger partial charge in [0.05, 0.1) is 5.94 Å². The summed E-state index contributed by atoms with van der Waals surface area (Å²) >= 11 is 4.52. The molecule has 0 aliphatic rings. The maximum atomic E-state index is 5.40. The lowest BCUT2D eigenvalue weighted by Crippen LogP contribution is -2.03. The molecule has 1 atom stereocenters. The van der Waals surface area contributed by atoms with Gasteiger partial charge in [-0.25, -0.2) is 0 Å². The molecule has 3 heteroatoms. The van der Waals surface area contributed by atoms with Crippen LogP contribution >= 0.6 is 20.7 Å². The number of thiol groups is 1. The van der Waals surface area contributed by atoms with Gasteiger partial charge in [0.15, 0.2) is 0 Å². The Balaban J connectivity index is 3.28. The Labute approximate surface area is 70.7 Å². The van der Waals surface area contributed by atoms with E-state index in [0.29, 0.717) is 0 Å². The van der Waals surface area contributed by atoms with E-state index in [1.165, 1.54) is 0 Å². The lowest BCUT2D eigenvalue weighted by Gasteiger charge is -2.27. The van der Waals surface area contributed by atoms with Gasteiger partial charge < -0.3 is 4.74 Å². The van der Waals surface area contributed by atoms with Crippen LogP contribution in [0.25, 0.3) is 0 Å². The van der Waals surface area contributed by atoms with Crippen LogP contribution in [0.2, 0.25) is 0 Å². The van der Waals surface area contributed by atoms with Crippen molar-refractivity contribution in [3.05, 3.63) is 0 Å². The molecule has 1 unspecified atom stereocenters. The molecule has 10 heavy (non-hydrogen) atoms. The molecule has 64 valence electrons. The van der Waals surface area contributed by atoms with E-state index in [-0.39, 0.29) is 0 Å². The summed E-state index contributed by atoms with van der Waals surface area (Å²) in [4.78, 5) is 0. The maximum absolute atomic E-state index is 5.40. The van der Waals surface area contributed by atoms with Gasteiger partial charge in [0, 0.05) is 6.61 Å². The van der Waals surface area contributed by atoms with Crippen LogP contribution in [0, 0.1) is 0 Å². The maximum Gasteiger partial charge on any atom is 0.0846 e. The van der Waals surface area contributed by atoms with Crippen molar-refractivity contribution >= 4 is 20.7 Å². The van der Waals surface area contributed by atoms with Crippen molar-refractivity contribution in [3.8, 4) is 0 Å². The summed E-state index contributed by atoms with van der Waals surface area (Å²) in [6, 6.07) is 0. The van der Waals surface area contributed by atoms with Crippen LogP contribution in [0.3, 0.4) is 0 Å². The molecular formula is C7H18OS2. The normalized spacial score (nSPS) is 20.0. The number of rotatable bonds is 5. The molecule has 0 saturated carbocycles. The zero-order valence-corrected chi connectivity index (χ0v) is 8.80. The molecule has 0 aromatic rings. The van der Waals surface area contributed by atoms with Crippen LogP contribution in [0.5, 0.6) is 0 Å². The molecule has 0 amide bonds. The molecule has 0 saturated heterocycles. The van der Waals surface area contributed by atoms with Crippen LogP contribution in [-0.4, -0.2) is 24.6 Å². The van der Waals surface area contributed by atoms with Gasteiger partial charge in [0.2, 0.25) is 0 Å². The van der Waals surface area contributed by atoms with E-state index in [4.69, 9.17) is 4.74 Å². The summed E-state index contributed by atoms with van der Waals surface area (Å²) in [5, 5.41) is 0.